The quantitative estimate of drug-likeness (QED) is 0.189. The zero-order valence-electron chi connectivity index (χ0n) is 24.7. The molecule has 0 aliphatic rings. The highest BCUT2D eigenvalue weighted by atomic mass is 32.1. The van der Waals surface area contributed by atoms with Gasteiger partial charge >= 0.3 is 0 Å². The van der Waals surface area contributed by atoms with E-state index >= 15 is 0 Å². The molecule has 10 rings (SSSR count). The van der Waals surface area contributed by atoms with E-state index in [-0.39, 0.29) is 0 Å². The van der Waals surface area contributed by atoms with Gasteiger partial charge < -0.3 is 0 Å². The number of aromatic nitrogens is 4. The third-order valence-corrected chi connectivity index (χ3v) is 11.9. The minimum atomic E-state index is 0.660. The van der Waals surface area contributed by atoms with Crippen LogP contribution >= 0.6 is 34.0 Å². The molecule has 0 unspecified atom stereocenters. The molecule has 0 radical (unpaired) electrons. The van der Waals surface area contributed by atoms with Gasteiger partial charge in [0.15, 0.2) is 17.5 Å². The maximum Gasteiger partial charge on any atom is 0.164 e. The van der Waals surface area contributed by atoms with E-state index in [1.807, 2.05) is 24.3 Å². The van der Waals surface area contributed by atoms with Gasteiger partial charge in [0.2, 0.25) is 0 Å². The Labute approximate surface area is 281 Å². The lowest BCUT2D eigenvalue weighted by Gasteiger charge is -2.10. The third kappa shape index (κ3) is 4.47. The maximum absolute atomic E-state index is 5.18. The van der Waals surface area contributed by atoms with Crippen molar-refractivity contribution in [1.29, 1.82) is 0 Å². The van der Waals surface area contributed by atoms with Crippen molar-refractivity contribution in [2.75, 3.05) is 0 Å². The van der Waals surface area contributed by atoms with E-state index in [1.165, 1.54) is 39.7 Å². The second kappa shape index (κ2) is 10.6. The highest BCUT2D eigenvalue weighted by Crippen LogP contribution is 2.43. The average Bonchev–Trinajstić information content (AvgIpc) is 3.83. The molecule has 0 N–H and O–H groups in total. The lowest BCUT2D eigenvalue weighted by molar-refractivity contribution is 1.08. The molecule has 0 spiro atoms. The van der Waals surface area contributed by atoms with Crippen molar-refractivity contribution in [3.05, 3.63) is 133 Å². The molecule has 0 saturated heterocycles. The number of thiazole rings is 1. The molecule has 7 heteroatoms. The van der Waals surface area contributed by atoms with Crippen LogP contribution in [0.25, 0.3) is 95.3 Å². The summed E-state index contributed by atoms with van der Waals surface area (Å²) in [6.07, 6.45) is 0. The first-order valence-electron chi connectivity index (χ1n) is 15.3. The summed E-state index contributed by atoms with van der Waals surface area (Å²) in [4.78, 5) is 20.4. The number of fused-ring (bicyclic) bond motifs is 7. The van der Waals surface area contributed by atoms with E-state index in [1.54, 1.807) is 34.0 Å². The number of nitrogens with zero attached hydrogens (tertiary/aromatic N) is 4. The molecule has 47 heavy (non-hydrogen) atoms. The normalized spacial score (nSPS) is 11.8. The SMILES string of the molecule is c1ccc(-c2nc(-c3ccc4c(c3)sc3ccccc34)nc(-c3cccc4sc5cc6sc(-c7ccccc7)nc6cc5c34)n2)cc1. The number of hydrogen-bond donors (Lipinski definition) is 0. The molecule has 6 aromatic carbocycles. The zero-order valence-corrected chi connectivity index (χ0v) is 27.2. The van der Waals surface area contributed by atoms with E-state index in [0.29, 0.717) is 17.5 Å². The first kappa shape index (κ1) is 26.8. The molecule has 0 aliphatic carbocycles. The fraction of sp³-hybridized carbons (Fsp3) is 0. The van der Waals surface area contributed by atoms with E-state index in [2.05, 4.69) is 109 Å². The monoisotopic (exact) mass is 654 g/mol. The van der Waals surface area contributed by atoms with E-state index in [4.69, 9.17) is 19.9 Å². The first-order chi connectivity index (χ1) is 23.2. The fourth-order valence-electron chi connectivity index (χ4n) is 6.34. The van der Waals surface area contributed by atoms with Gasteiger partial charge in [0.1, 0.15) is 5.01 Å². The molecular weight excluding hydrogens is 633 g/mol. The molecule has 10 aromatic rings. The lowest BCUT2D eigenvalue weighted by Crippen LogP contribution is -2.00. The van der Waals surface area contributed by atoms with Gasteiger partial charge in [0.05, 0.1) is 10.2 Å². The summed E-state index contributed by atoms with van der Waals surface area (Å²) in [7, 11) is 0. The smallest absolute Gasteiger partial charge is 0.164 e. The summed E-state index contributed by atoms with van der Waals surface area (Å²) in [5.41, 5.74) is 5.08. The Morgan fingerprint density at radius 3 is 1.87 bits per heavy atom. The van der Waals surface area contributed by atoms with Crippen LogP contribution in [0.15, 0.2) is 133 Å². The lowest BCUT2D eigenvalue weighted by atomic mass is 10.0. The summed E-state index contributed by atoms with van der Waals surface area (Å²) in [6.45, 7) is 0. The molecule has 0 aliphatic heterocycles. The molecule has 4 aromatic heterocycles. The molecule has 0 bridgehead atoms. The van der Waals surface area contributed by atoms with Crippen LogP contribution in [-0.4, -0.2) is 19.9 Å². The van der Waals surface area contributed by atoms with Crippen molar-refractivity contribution < 1.29 is 0 Å². The highest BCUT2D eigenvalue weighted by Gasteiger charge is 2.19. The Morgan fingerprint density at radius 1 is 0.362 bits per heavy atom. The van der Waals surface area contributed by atoms with E-state index in [0.717, 1.165) is 38.2 Å². The Bertz CT molecular complexity index is 2800. The number of rotatable bonds is 4. The van der Waals surface area contributed by atoms with E-state index in [9.17, 15) is 0 Å². The van der Waals surface area contributed by atoms with Crippen molar-refractivity contribution >= 4 is 84.6 Å². The summed E-state index contributed by atoms with van der Waals surface area (Å²) < 4.78 is 6.13. The Kier molecular flexibility index (Phi) is 6.05. The largest absolute Gasteiger partial charge is 0.236 e. The van der Waals surface area contributed by atoms with Crippen LogP contribution in [0.1, 0.15) is 0 Å². The Balaban J connectivity index is 1.19. The molecule has 0 saturated carbocycles. The Hall–Kier alpha value is -5.34. The third-order valence-electron chi connectivity index (χ3n) is 8.57. The van der Waals surface area contributed by atoms with Crippen molar-refractivity contribution in [1.82, 2.24) is 19.9 Å². The molecule has 4 nitrogen and oxygen atoms in total. The number of benzene rings is 6. The molecular formula is C40H22N4S3. The minimum Gasteiger partial charge on any atom is -0.236 e. The molecule has 220 valence electrons. The van der Waals surface area contributed by atoms with Crippen molar-refractivity contribution in [3.63, 3.8) is 0 Å². The van der Waals surface area contributed by atoms with Crippen molar-refractivity contribution in [2.45, 2.75) is 0 Å². The van der Waals surface area contributed by atoms with Crippen LogP contribution in [0.5, 0.6) is 0 Å². The molecule has 0 amide bonds. The molecule has 0 fully saturated rings. The van der Waals surface area contributed by atoms with Gasteiger partial charge in [-0.3, -0.25) is 0 Å². The van der Waals surface area contributed by atoms with Crippen LogP contribution in [-0.2, 0) is 0 Å². The van der Waals surface area contributed by atoms with Crippen molar-refractivity contribution in [2.24, 2.45) is 0 Å². The van der Waals surface area contributed by atoms with Gasteiger partial charge in [0.25, 0.3) is 0 Å². The summed E-state index contributed by atoms with van der Waals surface area (Å²) in [5.74, 6) is 1.99. The Morgan fingerprint density at radius 2 is 1.02 bits per heavy atom. The van der Waals surface area contributed by atoms with Crippen LogP contribution in [0.2, 0.25) is 0 Å². The van der Waals surface area contributed by atoms with Crippen LogP contribution in [0.3, 0.4) is 0 Å². The molecule has 4 heterocycles. The topological polar surface area (TPSA) is 51.6 Å². The standard InChI is InChI=1S/C40H22N4S3/c1-3-10-23(11-4-1)37-42-38(25-18-19-27-26-14-7-8-16-31(26)45-33(27)20-25)44-39(43-37)28-15-9-17-32-36(28)29-21-30-35(22-34(29)46-32)47-40(41-30)24-12-5-2-6-13-24/h1-22H. The van der Waals surface area contributed by atoms with Gasteiger partial charge in [-0.15, -0.1) is 34.0 Å². The second-order valence-electron chi connectivity index (χ2n) is 11.5. The van der Waals surface area contributed by atoms with Gasteiger partial charge in [-0.2, -0.15) is 0 Å². The summed E-state index contributed by atoms with van der Waals surface area (Å²) in [5, 5.41) is 5.90. The highest BCUT2D eigenvalue weighted by molar-refractivity contribution is 7.27. The fourth-order valence-corrected chi connectivity index (χ4v) is 9.71. The predicted octanol–water partition coefficient (Wildman–Crippen LogP) is 11.9. The van der Waals surface area contributed by atoms with Crippen LogP contribution < -0.4 is 0 Å². The maximum atomic E-state index is 5.18. The number of thiophene rings is 2. The van der Waals surface area contributed by atoms with Gasteiger partial charge in [-0.05, 0) is 30.3 Å². The number of hydrogen-bond acceptors (Lipinski definition) is 7. The average molecular weight is 655 g/mol. The summed E-state index contributed by atoms with van der Waals surface area (Å²) >= 11 is 5.35. The first-order valence-corrected chi connectivity index (χ1v) is 17.7. The van der Waals surface area contributed by atoms with Gasteiger partial charge in [0, 0.05) is 62.6 Å². The van der Waals surface area contributed by atoms with Crippen LogP contribution in [0, 0.1) is 0 Å². The predicted molar refractivity (Wildman–Crippen MR) is 201 cm³/mol. The van der Waals surface area contributed by atoms with Crippen molar-refractivity contribution in [3.8, 4) is 44.7 Å². The van der Waals surface area contributed by atoms with Gasteiger partial charge in [-0.25, -0.2) is 19.9 Å². The van der Waals surface area contributed by atoms with E-state index < -0.39 is 0 Å². The summed E-state index contributed by atoms with van der Waals surface area (Å²) in [6, 6.07) is 46.7. The van der Waals surface area contributed by atoms with Crippen LogP contribution in [0.4, 0.5) is 0 Å². The molecule has 0 atom stereocenters. The minimum absolute atomic E-state index is 0.660. The van der Waals surface area contributed by atoms with Gasteiger partial charge in [-0.1, -0.05) is 103 Å². The second-order valence-corrected chi connectivity index (χ2v) is 14.7. The zero-order chi connectivity index (χ0) is 30.9.